The SMILES string of the molecule is O=C(Cc1csc2nccn12)N1CCCCC1c1cn[nH]c1. The molecule has 1 aliphatic heterocycles. The number of aromatic nitrogens is 4. The third kappa shape index (κ3) is 2.31. The van der Waals surface area contributed by atoms with Crippen LogP contribution >= 0.6 is 11.3 Å². The summed E-state index contributed by atoms with van der Waals surface area (Å²) in [6, 6.07) is 0.150. The number of thiazole rings is 1. The highest BCUT2D eigenvalue weighted by molar-refractivity contribution is 7.15. The molecule has 0 radical (unpaired) electrons. The number of imidazole rings is 1. The van der Waals surface area contributed by atoms with Crippen molar-refractivity contribution in [2.45, 2.75) is 31.7 Å². The van der Waals surface area contributed by atoms with Gasteiger partial charge in [-0.05, 0) is 19.3 Å². The van der Waals surface area contributed by atoms with Crippen LogP contribution in [0, 0.1) is 0 Å². The summed E-state index contributed by atoms with van der Waals surface area (Å²) in [7, 11) is 0. The van der Waals surface area contributed by atoms with E-state index in [1.54, 1.807) is 17.5 Å². The van der Waals surface area contributed by atoms with Crippen molar-refractivity contribution in [3.63, 3.8) is 0 Å². The number of carbonyl (C=O) groups excluding carboxylic acids is 1. The smallest absolute Gasteiger partial charge is 0.229 e. The number of hydrogen-bond acceptors (Lipinski definition) is 4. The second-order valence-corrected chi connectivity index (χ2v) is 6.45. The summed E-state index contributed by atoms with van der Waals surface area (Å²) in [6.07, 6.45) is 11.1. The molecular formula is C15H17N5OS. The molecule has 0 aliphatic carbocycles. The zero-order valence-corrected chi connectivity index (χ0v) is 12.9. The van der Waals surface area contributed by atoms with Crippen molar-refractivity contribution in [1.82, 2.24) is 24.5 Å². The van der Waals surface area contributed by atoms with E-state index in [-0.39, 0.29) is 11.9 Å². The maximum atomic E-state index is 12.8. The fourth-order valence-corrected chi connectivity index (χ4v) is 4.03. The van der Waals surface area contributed by atoms with Gasteiger partial charge in [0, 0.05) is 41.8 Å². The molecule has 1 saturated heterocycles. The lowest BCUT2D eigenvalue weighted by molar-refractivity contribution is -0.134. The van der Waals surface area contributed by atoms with E-state index in [4.69, 9.17) is 0 Å². The molecule has 1 unspecified atom stereocenters. The van der Waals surface area contributed by atoms with Gasteiger partial charge < -0.3 is 4.90 Å². The average Bonchev–Trinajstić information content (AvgIpc) is 3.26. The summed E-state index contributed by atoms with van der Waals surface area (Å²) >= 11 is 1.57. The number of nitrogens with one attached hydrogen (secondary N) is 1. The largest absolute Gasteiger partial charge is 0.335 e. The Labute approximate surface area is 131 Å². The lowest BCUT2D eigenvalue weighted by atomic mass is 9.97. The standard InChI is InChI=1S/C15H17N5OS/c21-14(7-12-10-22-15-16-4-6-19(12)15)20-5-2-1-3-13(20)11-8-17-18-9-11/h4,6,8-10,13H,1-3,5,7H2,(H,17,18). The summed E-state index contributed by atoms with van der Waals surface area (Å²) in [5.41, 5.74) is 2.12. The third-order valence-electron chi connectivity index (χ3n) is 4.28. The highest BCUT2D eigenvalue weighted by atomic mass is 32.1. The third-order valence-corrected chi connectivity index (χ3v) is 5.18. The Morgan fingerprint density at radius 1 is 1.45 bits per heavy atom. The number of fused-ring (bicyclic) bond motifs is 1. The molecule has 0 spiro atoms. The molecule has 0 aromatic carbocycles. The predicted molar refractivity (Wildman–Crippen MR) is 83.7 cm³/mol. The Morgan fingerprint density at radius 2 is 2.41 bits per heavy atom. The minimum absolute atomic E-state index is 0.150. The number of likely N-dealkylation sites (tertiary alicyclic amines) is 1. The first-order chi connectivity index (χ1) is 10.8. The van der Waals surface area contributed by atoms with E-state index in [0.29, 0.717) is 6.42 Å². The molecular weight excluding hydrogens is 298 g/mol. The normalized spacial score (nSPS) is 18.9. The second-order valence-electron chi connectivity index (χ2n) is 5.61. The van der Waals surface area contributed by atoms with E-state index in [9.17, 15) is 4.79 Å². The number of aromatic amines is 1. The van der Waals surface area contributed by atoms with E-state index < -0.39 is 0 Å². The molecule has 1 aliphatic rings. The van der Waals surface area contributed by atoms with E-state index in [1.807, 2.05) is 33.3 Å². The van der Waals surface area contributed by atoms with Gasteiger partial charge in [-0.2, -0.15) is 5.10 Å². The van der Waals surface area contributed by atoms with Crippen molar-refractivity contribution >= 4 is 22.2 Å². The van der Waals surface area contributed by atoms with Gasteiger partial charge in [-0.25, -0.2) is 4.98 Å². The van der Waals surface area contributed by atoms with Gasteiger partial charge in [0.05, 0.1) is 18.7 Å². The molecule has 3 aromatic heterocycles. The van der Waals surface area contributed by atoms with Gasteiger partial charge in [-0.1, -0.05) is 0 Å². The number of carbonyl (C=O) groups is 1. The van der Waals surface area contributed by atoms with Crippen molar-refractivity contribution in [2.75, 3.05) is 6.54 Å². The molecule has 114 valence electrons. The highest BCUT2D eigenvalue weighted by Gasteiger charge is 2.28. The zero-order valence-electron chi connectivity index (χ0n) is 12.1. The van der Waals surface area contributed by atoms with Crippen LogP contribution in [-0.2, 0) is 11.2 Å². The van der Waals surface area contributed by atoms with Crippen molar-refractivity contribution in [3.8, 4) is 0 Å². The quantitative estimate of drug-likeness (QED) is 0.807. The fourth-order valence-electron chi connectivity index (χ4n) is 3.18. The Kier molecular flexibility index (Phi) is 3.42. The molecule has 1 atom stereocenters. The minimum atomic E-state index is 0.150. The number of amides is 1. The van der Waals surface area contributed by atoms with Gasteiger partial charge in [-0.15, -0.1) is 11.3 Å². The van der Waals surface area contributed by atoms with E-state index in [2.05, 4.69) is 15.2 Å². The van der Waals surface area contributed by atoms with Crippen molar-refractivity contribution in [2.24, 2.45) is 0 Å². The summed E-state index contributed by atoms with van der Waals surface area (Å²) in [5.74, 6) is 0.180. The molecule has 22 heavy (non-hydrogen) atoms. The molecule has 1 fully saturated rings. The molecule has 0 saturated carbocycles. The van der Waals surface area contributed by atoms with Crippen molar-refractivity contribution in [3.05, 3.63) is 41.4 Å². The van der Waals surface area contributed by atoms with Gasteiger partial charge in [0.15, 0.2) is 4.96 Å². The number of H-pyrrole nitrogens is 1. The van der Waals surface area contributed by atoms with Crippen LogP contribution in [0.4, 0.5) is 0 Å². The highest BCUT2D eigenvalue weighted by Crippen LogP contribution is 2.31. The second kappa shape index (κ2) is 5.57. The van der Waals surface area contributed by atoms with Crippen LogP contribution in [0.15, 0.2) is 30.2 Å². The monoisotopic (exact) mass is 315 g/mol. The summed E-state index contributed by atoms with van der Waals surface area (Å²) in [4.78, 5) is 20.0. The minimum Gasteiger partial charge on any atom is -0.335 e. The lowest BCUT2D eigenvalue weighted by Crippen LogP contribution is -2.39. The van der Waals surface area contributed by atoms with Crippen LogP contribution in [0.25, 0.3) is 4.96 Å². The molecule has 7 heteroatoms. The average molecular weight is 315 g/mol. The van der Waals surface area contributed by atoms with Gasteiger partial charge in [0.2, 0.25) is 5.91 Å². The first kappa shape index (κ1) is 13.5. The van der Waals surface area contributed by atoms with E-state index in [1.165, 1.54) is 0 Å². The molecule has 6 nitrogen and oxygen atoms in total. The maximum absolute atomic E-state index is 12.8. The number of piperidine rings is 1. The van der Waals surface area contributed by atoms with Crippen LogP contribution in [0.2, 0.25) is 0 Å². The van der Waals surface area contributed by atoms with Gasteiger partial charge in [0.25, 0.3) is 0 Å². The van der Waals surface area contributed by atoms with Crippen molar-refractivity contribution in [1.29, 1.82) is 0 Å². The Morgan fingerprint density at radius 3 is 3.27 bits per heavy atom. The van der Waals surface area contributed by atoms with Gasteiger partial charge in [0.1, 0.15) is 0 Å². The molecule has 4 heterocycles. The summed E-state index contributed by atoms with van der Waals surface area (Å²) < 4.78 is 2.00. The zero-order chi connectivity index (χ0) is 14.9. The molecule has 1 amide bonds. The first-order valence-corrected chi connectivity index (χ1v) is 8.38. The fraction of sp³-hybridized carbons (Fsp3) is 0.400. The lowest BCUT2D eigenvalue weighted by Gasteiger charge is -2.35. The first-order valence-electron chi connectivity index (χ1n) is 7.50. The number of hydrogen-bond donors (Lipinski definition) is 1. The summed E-state index contributed by atoms with van der Waals surface area (Å²) in [6.45, 7) is 0.825. The maximum Gasteiger partial charge on any atom is 0.229 e. The topological polar surface area (TPSA) is 66.3 Å². The van der Waals surface area contributed by atoms with Crippen LogP contribution in [0.3, 0.4) is 0 Å². The number of nitrogens with zero attached hydrogens (tertiary/aromatic N) is 4. The number of rotatable bonds is 3. The van der Waals surface area contributed by atoms with Crippen molar-refractivity contribution < 1.29 is 4.79 Å². The predicted octanol–water partition coefficient (Wildman–Crippen LogP) is 2.42. The Balaban J connectivity index is 1.56. The molecule has 4 rings (SSSR count). The van der Waals surface area contributed by atoms with Gasteiger partial charge >= 0.3 is 0 Å². The molecule has 0 bridgehead atoms. The Bertz CT molecular complexity index is 775. The molecule has 3 aromatic rings. The van der Waals surface area contributed by atoms with Crippen LogP contribution < -0.4 is 0 Å². The van der Waals surface area contributed by atoms with E-state index in [0.717, 1.165) is 42.0 Å². The summed E-state index contributed by atoms with van der Waals surface area (Å²) in [5, 5.41) is 8.91. The van der Waals surface area contributed by atoms with Crippen LogP contribution in [-0.4, -0.2) is 36.9 Å². The van der Waals surface area contributed by atoms with Crippen LogP contribution in [0.1, 0.15) is 36.6 Å². The Hall–Kier alpha value is -2.15. The molecule has 1 N–H and O–H groups in total. The van der Waals surface area contributed by atoms with Crippen LogP contribution in [0.5, 0.6) is 0 Å². The van der Waals surface area contributed by atoms with E-state index >= 15 is 0 Å². The van der Waals surface area contributed by atoms with Gasteiger partial charge in [-0.3, -0.25) is 14.3 Å².